The third kappa shape index (κ3) is 1.73. The van der Waals surface area contributed by atoms with Gasteiger partial charge in [-0.3, -0.25) is 9.88 Å². The van der Waals surface area contributed by atoms with E-state index >= 15 is 0 Å². The first-order valence-corrected chi connectivity index (χ1v) is 7.33. The summed E-state index contributed by atoms with van der Waals surface area (Å²) in [6.45, 7) is 0.585. The lowest BCUT2D eigenvalue weighted by molar-refractivity contribution is 0.257. The summed E-state index contributed by atoms with van der Waals surface area (Å²) in [4.78, 5) is 12.5. The lowest BCUT2D eigenvalue weighted by Crippen LogP contribution is -2.46. The Balaban J connectivity index is 1.82. The van der Waals surface area contributed by atoms with Crippen LogP contribution in [0.15, 0.2) is 35.1 Å². The Morgan fingerprint density at radius 1 is 1.15 bits per heavy atom. The number of rotatable bonds is 1. The molecule has 20 heavy (non-hydrogen) atoms. The van der Waals surface area contributed by atoms with Crippen molar-refractivity contribution >= 4 is 0 Å². The van der Waals surface area contributed by atoms with Crippen molar-refractivity contribution in [3.05, 3.63) is 46.6 Å². The summed E-state index contributed by atoms with van der Waals surface area (Å²) in [5.41, 5.74) is 0.800. The zero-order chi connectivity index (χ0) is 13.5. The second-order valence-corrected chi connectivity index (χ2v) is 5.68. The third-order valence-electron chi connectivity index (χ3n) is 4.50. The van der Waals surface area contributed by atoms with Gasteiger partial charge in [0.1, 0.15) is 5.82 Å². The van der Waals surface area contributed by atoms with Crippen molar-refractivity contribution < 1.29 is 0 Å². The summed E-state index contributed by atoms with van der Waals surface area (Å²) >= 11 is 0. The minimum atomic E-state index is -0.0391. The van der Waals surface area contributed by atoms with Gasteiger partial charge in [0.05, 0.1) is 12.4 Å². The highest BCUT2D eigenvalue weighted by Gasteiger charge is 2.35. The van der Waals surface area contributed by atoms with Gasteiger partial charge in [-0.05, 0) is 25.0 Å². The fourth-order valence-corrected chi connectivity index (χ4v) is 3.46. The number of nitrogens with one attached hydrogen (secondary N) is 1. The Labute approximate surface area is 117 Å². The molecular formula is C15H18N4O. The molecular weight excluding hydrogens is 252 g/mol. The molecule has 4 rings (SSSR count). The van der Waals surface area contributed by atoms with Crippen LogP contribution in [-0.2, 0) is 6.67 Å². The highest BCUT2D eigenvalue weighted by molar-refractivity contribution is 5.30. The van der Waals surface area contributed by atoms with Crippen molar-refractivity contribution in [3.63, 3.8) is 0 Å². The zero-order valence-corrected chi connectivity index (χ0v) is 11.3. The van der Waals surface area contributed by atoms with E-state index in [1.54, 1.807) is 4.57 Å². The minimum absolute atomic E-state index is 0.0391. The van der Waals surface area contributed by atoms with E-state index in [2.05, 4.69) is 10.4 Å². The summed E-state index contributed by atoms with van der Waals surface area (Å²) in [6, 6.07) is 10.1. The van der Waals surface area contributed by atoms with E-state index in [0.29, 0.717) is 18.6 Å². The van der Waals surface area contributed by atoms with Crippen LogP contribution in [0, 0.1) is 0 Å². The molecule has 0 spiro atoms. The van der Waals surface area contributed by atoms with Crippen LogP contribution in [0.5, 0.6) is 0 Å². The average Bonchev–Trinajstić information content (AvgIpc) is 2.86. The molecule has 0 radical (unpaired) electrons. The molecule has 104 valence electrons. The van der Waals surface area contributed by atoms with Crippen LogP contribution in [0.25, 0.3) is 5.69 Å². The summed E-state index contributed by atoms with van der Waals surface area (Å²) in [5, 5.41) is 8.12. The minimum Gasteiger partial charge on any atom is -0.296 e. The Kier molecular flexibility index (Phi) is 2.73. The molecule has 2 heterocycles. The SMILES string of the molecule is O=c1n(-c2ccccc2)nc2n1CNC1CCCCC21. The van der Waals surface area contributed by atoms with Gasteiger partial charge in [0.15, 0.2) is 0 Å². The third-order valence-corrected chi connectivity index (χ3v) is 4.50. The first-order valence-electron chi connectivity index (χ1n) is 7.33. The highest BCUT2D eigenvalue weighted by Crippen LogP contribution is 2.33. The van der Waals surface area contributed by atoms with Crippen LogP contribution < -0.4 is 11.0 Å². The van der Waals surface area contributed by atoms with Crippen LogP contribution in [0.2, 0.25) is 0 Å². The van der Waals surface area contributed by atoms with E-state index in [-0.39, 0.29) is 5.69 Å². The van der Waals surface area contributed by atoms with E-state index in [1.807, 2.05) is 30.3 Å². The lowest BCUT2D eigenvalue weighted by Gasteiger charge is -2.35. The van der Waals surface area contributed by atoms with Crippen molar-refractivity contribution in [3.8, 4) is 5.69 Å². The van der Waals surface area contributed by atoms with Gasteiger partial charge in [-0.25, -0.2) is 4.79 Å². The Bertz CT molecular complexity index is 673. The smallest absolute Gasteiger partial charge is 0.296 e. The average molecular weight is 270 g/mol. The quantitative estimate of drug-likeness (QED) is 0.856. The molecule has 5 nitrogen and oxygen atoms in total. The molecule has 2 atom stereocenters. The predicted octanol–water partition coefficient (Wildman–Crippen LogP) is 1.62. The number of hydrogen-bond donors (Lipinski definition) is 1. The summed E-state index contributed by atoms with van der Waals surface area (Å²) in [6.07, 6.45) is 4.83. The lowest BCUT2D eigenvalue weighted by atomic mass is 9.83. The van der Waals surface area contributed by atoms with Gasteiger partial charge in [-0.2, -0.15) is 4.68 Å². The molecule has 1 aliphatic carbocycles. The van der Waals surface area contributed by atoms with Gasteiger partial charge in [-0.15, -0.1) is 5.10 Å². The maximum Gasteiger partial charge on any atom is 0.351 e. The Morgan fingerprint density at radius 2 is 1.95 bits per heavy atom. The van der Waals surface area contributed by atoms with Crippen LogP contribution in [-0.4, -0.2) is 20.4 Å². The molecule has 1 saturated carbocycles. The molecule has 2 unspecified atom stereocenters. The zero-order valence-electron chi connectivity index (χ0n) is 11.3. The fourth-order valence-electron chi connectivity index (χ4n) is 3.46. The van der Waals surface area contributed by atoms with Gasteiger partial charge in [0, 0.05) is 12.0 Å². The highest BCUT2D eigenvalue weighted by atomic mass is 16.2. The molecule has 2 aromatic rings. The number of para-hydroxylation sites is 1. The van der Waals surface area contributed by atoms with E-state index in [1.165, 1.54) is 23.9 Å². The largest absolute Gasteiger partial charge is 0.351 e. The van der Waals surface area contributed by atoms with E-state index in [9.17, 15) is 4.79 Å². The number of fused-ring (bicyclic) bond motifs is 3. The topological polar surface area (TPSA) is 51.9 Å². The second-order valence-electron chi connectivity index (χ2n) is 5.68. The monoisotopic (exact) mass is 270 g/mol. The second kappa shape index (κ2) is 4.59. The summed E-state index contributed by atoms with van der Waals surface area (Å²) in [7, 11) is 0. The maximum atomic E-state index is 12.5. The van der Waals surface area contributed by atoms with E-state index in [4.69, 9.17) is 0 Å². The molecule has 2 aliphatic rings. The molecule has 0 saturated heterocycles. The maximum absolute atomic E-state index is 12.5. The van der Waals surface area contributed by atoms with Crippen molar-refractivity contribution in [2.24, 2.45) is 0 Å². The first-order chi connectivity index (χ1) is 9.84. The number of hydrogen-bond acceptors (Lipinski definition) is 3. The molecule has 1 N–H and O–H groups in total. The fraction of sp³-hybridized carbons (Fsp3) is 0.467. The van der Waals surface area contributed by atoms with Gasteiger partial charge in [0.25, 0.3) is 0 Å². The van der Waals surface area contributed by atoms with Gasteiger partial charge < -0.3 is 0 Å². The Morgan fingerprint density at radius 3 is 2.80 bits per heavy atom. The number of nitrogens with zero attached hydrogens (tertiary/aromatic N) is 3. The Hall–Kier alpha value is -1.88. The van der Waals surface area contributed by atoms with Crippen LogP contribution in [0.1, 0.15) is 37.4 Å². The molecule has 1 fully saturated rings. The first kappa shape index (κ1) is 11.9. The van der Waals surface area contributed by atoms with Crippen LogP contribution in [0.3, 0.4) is 0 Å². The summed E-state index contributed by atoms with van der Waals surface area (Å²) in [5.74, 6) is 1.34. The standard InChI is InChI=1S/C15H18N4O/c20-15-18-10-16-13-9-5-4-8-12(13)14(18)17-19(15)11-6-2-1-3-7-11/h1-3,6-7,12-13,16H,4-5,8-10H2. The molecule has 1 aromatic carbocycles. The number of benzene rings is 1. The van der Waals surface area contributed by atoms with Gasteiger partial charge >= 0.3 is 5.69 Å². The van der Waals surface area contributed by atoms with Crippen molar-refractivity contribution in [2.45, 2.75) is 44.3 Å². The van der Waals surface area contributed by atoms with Crippen molar-refractivity contribution in [1.29, 1.82) is 0 Å². The summed E-state index contributed by atoms with van der Waals surface area (Å²) < 4.78 is 3.33. The normalized spacial score (nSPS) is 25.0. The molecule has 0 bridgehead atoms. The van der Waals surface area contributed by atoms with E-state index < -0.39 is 0 Å². The van der Waals surface area contributed by atoms with Gasteiger partial charge in [-0.1, -0.05) is 31.0 Å². The molecule has 1 aromatic heterocycles. The van der Waals surface area contributed by atoms with Crippen LogP contribution >= 0.6 is 0 Å². The molecule has 1 aliphatic heterocycles. The number of aromatic nitrogens is 3. The molecule has 5 heteroatoms. The van der Waals surface area contributed by atoms with E-state index in [0.717, 1.165) is 17.9 Å². The predicted molar refractivity (Wildman–Crippen MR) is 76.0 cm³/mol. The van der Waals surface area contributed by atoms with Gasteiger partial charge in [0.2, 0.25) is 0 Å². The van der Waals surface area contributed by atoms with Crippen LogP contribution in [0.4, 0.5) is 0 Å². The molecule has 0 amide bonds. The van der Waals surface area contributed by atoms with Crippen molar-refractivity contribution in [2.75, 3.05) is 0 Å². The van der Waals surface area contributed by atoms with Crippen molar-refractivity contribution in [1.82, 2.24) is 19.7 Å².